The van der Waals surface area contributed by atoms with Crippen molar-refractivity contribution in [2.24, 2.45) is 5.10 Å². The van der Waals surface area contributed by atoms with Gasteiger partial charge in [0.1, 0.15) is 5.75 Å². The van der Waals surface area contributed by atoms with E-state index >= 15 is 0 Å². The Balaban J connectivity index is 2.06. The number of carbonyl (C=O) groups is 1. The van der Waals surface area contributed by atoms with E-state index in [1.54, 1.807) is 19.2 Å². The van der Waals surface area contributed by atoms with E-state index in [9.17, 15) is 4.79 Å². The van der Waals surface area contributed by atoms with Gasteiger partial charge in [-0.1, -0.05) is 35.3 Å². The van der Waals surface area contributed by atoms with E-state index in [1.165, 1.54) is 12.3 Å². The molecule has 0 aliphatic carbocycles. The van der Waals surface area contributed by atoms with Gasteiger partial charge in [-0.25, -0.2) is 5.43 Å². The maximum atomic E-state index is 11.9. The highest BCUT2D eigenvalue weighted by Gasteiger charge is 2.07. The van der Waals surface area contributed by atoms with Gasteiger partial charge in [-0.2, -0.15) is 5.10 Å². The third-order valence-corrected chi connectivity index (χ3v) is 3.43. The van der Waals surface area contributed by atoms with Gasteiger partial charge < -0.3 is 4.74 Å². The summed E-state index contributed by atoms with van der Waals surface area (Å²) in [4.78, 5) is 11.9. The summed E-state index contributed by atoms with van der Waals surface area (Å²) in [5.41, 5.74) is 3.55. The van der Waals surface area contributed by atoms with Crippen LogP contribution in [0.3, 0.4) is 0 Å². The second kappa shape index (κ2) is 7.11. The lowest BCUT2D eigenvalue weighted by Crippen LogP contribution is -2.17. The first kappa shape index (κ1) is 15.4. The summed E-state index contributed by atoms with van der Waals surface area (Å²) in [7, 11) is 1.57. The zero-order valence-corrected chi connectivity index (χ0v) is 12.7. The number of nitrogens with one attached hydrogen (secondary N) is 1. The summed E-state index contributed by atoms with van der Waals surface area (Å²) < 4.78 is 5.18. The molecule has 0 atom stereocenters. The van der Waals surface area contributed by atoms with E-state index in [1.807, 2.05) is 24.3 Å². The number of carbonyl (C=O) groups excluding carboxylic acids is 1. The Bertz CT molecular complexity index is 687. The molecule has 0 saturated carbocycles. The van der Waals surface area contributed by atoms with E-state index in [4.69, 9.17) is 27.9 Å². The fourth-order valence-electron chi connectivity index (χ4n) is 1.64. The molecule has 0 radical (unpaired) electrons. The van der Waals surface area contributed by atoms with Crippen LogP contribution in [0.2, 0.25) is 10.0 Å². The summed E-state index contributed by atoms with van der Waals surface area (Å²) in [6.07, 6.45) is 1.51. The standard InChI is InChI=1S/C15H12Cl2N2O2/c1-21-14-5-3-2-4-11(14)9-18-19-15(20)10-6-7-12(16)13(17)8-10/h2-9H,1H3,(H,19,20)/b18-9-. The highest BCUT2D eigenvalue weighted by atomic mass is 35.5. The number of nitrogens with zero attached hydrogens (tertiary/aromatic N) is 1. The number of amides is 1. The summed E-state index contributed by atoms with van der Waals surface area (Å²) in [6.45, 7) is 0. The van der Waals surface area contributed by atoms with Crippen molar-refractivity contribution in [1.82, 2.24) is 5.43 Å². The SMILES string of the molecule is COc1ccccc1/C=N\NC(=O)c1ccc(Cl)c(Cl)c1. The van der Waals surface area contributed by atoms with Gasteiger partial charge in [0.2, 0.25) is 0 Å². The molecule has 0 heterocycles. The van der Waals surface area contributed by atoms with Crippen LogP contribution in [0.4, 0.5) is 0 Å². The van der Waals surface area contributed by atoms with Crippen molar-refractivity contribution >= 4 is 35.3 Å². The summed E-state index contributed by atoms with van der Waals surface area (Å²) in [6, 6.07) is 12.0. The highest BCUT2D eigenvalue weighted by molar-refractivity contribution is 6.42. The van der Waals surface area contributed by atoms with Gasteiger partial charge in [0, 0.05) is 11.1 Å². The van der Waals surface area contributed by atoms with Crippen LogP contribution in [0.1, 0.15) is 15.9 Å². The molecule has 2 rings (SSSR count). The van der Waals surface area contributed by atoms with E-state index in [2.05, 4.69) is 10.5 Å². The molecule has 0 saturated heterocycles. The van der Waals surface area contributed by atoms with Crippen molar-refractivity contribution in [3.63, 3.8) is 0 Å². The van der Waals surface area contributed by atoms with Gasteiger partial charge in [0.15, 0.2) is 0 Å². The molecule has 0 bridgehead atoms. The van der Waals surface area contributed by atoms with Gasteiger partial charge in [-0.05, 0) is 30.3 Å². The van der Waals surface area contributed by atoms with E-state index < -0.39 is 0 Å². The molecule has 4 nitrogen and oxygen atoms in total. The van der Waals surface area contributed by atoms with Gasteiger partial charge in [0.05, 0.1) is 23.4 Å². The summed E-state index contributed by atoms with van der Waals surface area (Å²) >= 11 is 11.7. The van der Waals surface area contributed by atoms with Crippen LogP contribution < -0.4 is 10.2 Å². The molecule has 6 heteroatoms. The number of hydrogen-bond donors (Lipinski definition) is 1. The second-order valence-corrected chi connectivity index (χ2v) is 4.88. The first-order chi connectivity index (χ1) is 10.1. The molecule has 0 aliphatic rings. The molecule has 0 aliphatic heterocycles. The predicted octanol–water partition coefficient (Wildman–Crippen LogP) is 3.77. The molecule has 0 aromatic heterocycles. The van der Waals surface area contributed by atoms with Crippen molar-refractivity contribution in [2.75, 3.05) is 7.11 Å². The molecule has 21 heavy (non-hydrogen) atoms. The first-order valence-electron chi connectivity index (χ1n) is 6.03. The van der Waals surface area contributed by atoms with Crippen molar-refractivity contribution in [3.8, 4) is 5.75 Å². The average Bonchev–Trinajstić information content (AvgIpc) is 2.50. The van der Waals surface area contributed by atoms with Gasteiger partial charge >= 0.3 is 0 Å². The normalized spacial score (nSPS) is 10.6. The zero-order valence-electron chi connectivity index (χ0n) is 11.1. The van der Waals surface area contributed by atoms with Gasteiger partial charge in [0.25, 0.3) is 5.91 Å². The second-order valence-electron chi connectivity index (χ2n) is 4.07. The fraction of sp³-hybridized carbons (Fsp3) is 0.0667. The molecule has 2 aromatic rings. The molecule has 1 amide bonds. The Morgan fingerprint density at radius 3 is 2.67 bits per heavy atom. The van der Waals surface area contributed by atoms with Crippen molar-refractivity contribution in [1.29, 1.82) is 0 Å². The third-order valence-electron chi connectivity index (χ3n) is 2.69. The third kappa shape index (κ3) is 3.97. The van der Waals surface area contributed by atoms with Crippen LogP contribution >= 0.6 is 23.2 Å². The van der Waals surface area contributed by atoms with Crippen LogP contribution in [0, 0.1) is 0 Å². The van der Waals surface area contributed by atoms with Crippen molar-refractivity contribution < 1.29 is 9.53 Å². The molecular weight excluding hydrogens is 311 g/mol. The number of methoxy groups -OCH3 is 1. The average molecular weight is 323 g/mol. The smallest absolute Gasteiger partial charge is 0.271 e. The Labute approximate surface area is 132 Å². The van der Waals surface area contributed by atoms with E-state index in [0.717, 1.165) is 5.56 Å². The summed E-state index contributed by atoms with van der Waals surface area (Å²) in [5.74, 6) is 0.296. The van der Waals surface area contributed by atoms with Crippen LogP contribution in [0.5, 0.6) is 5.75 Å². The van der Waals surface area contributed by atoms with Gasteiger partial charge in [-0.3, -0.25) is 4.79 Å². The number of halogens is 2. The lowest BCUT2D eigenvalue weighted by Gasteiger charge is -2.04. The minimum Gasteiger partial charge on any atom is -0.496 e. The summed E-state index contributed by atoms with van der Waals surface area (Å²) in [5, 5.41) is 4.61. The van der Waals surface area contributed by atoms with Gasteiger partial charge in [-0.15, -0.1) is 0 Å². The number of benzene rings is 2. The number of para-hydroxylation sites is 1. The van der Waals surface area contributed by atoms with E-state index in [0.29, 0.717) is 21.4 Å². The largest absolute Gasteiger partial charge is 0.496 e. The van der Waals surface area contributed by atoms with E-state index in [-0.39, 0.29) is 5.91 Å². The lowest BCUT2D eigenvalue weighted by molar-refractivity contribution is 0.0955. The fourth-order valence-corrected chi connectivity index (χ4v) is 1.93. The maximum absolute atomic E-state index is 11.9. The monoisotopic (exact) mass is 322 g/mol. The highest BCUT2D eigenvalue weighted by Crippen LogP contribution is 2.22. The first-order valence-corrected chi connectivity index (χ1v) is 6.79. The van der Waals surface area contributed by atoms with Crippen molar-refractivity contribution in [3.05, 3.63) is 63.6 Å². The Kier molecular flexibility index (Phi) is 5.20. The number of hydrogen-bond acceptors (Lipinski definition) is 3. The zero-order chi connectivity index (χ0) is 15.2. The quantitative estimate of drug-likeness (QED) is 0.688. The van der Waals surface area contributed by atoms with Crippen LogP contribution in [0.25, 0.3) is 0 Å². The number of ether oxygens (including phenoxy) is 1. The topological polar surface area (TPSA) is 50.7 Å². The molecule has 1 N–H and O–H groups in total. The van der Waals surface area contributed by atoms with Crippen LogP contribution in [0.15, 0.2) is 47.6 Å². The minimum absolute atomic E-state index is 0.318. The molecule has 0 unspecified atom stereocenters. The maximum Gasteiger partial charge on any atom is 0.271 e. The lowest BCUT2D eigenvalue weighted by atomic mass is 10.2. The van der Waals surface area contributed by atoms with Crippen LogP contribution in [-0.4, -0.2) is 19.2 Å². The molecule has 0 spiro atoms. The van der Waals surface area contributed by atoms with Crippen LogP contribution in [-0.2, 0) is 0 Å². The Morgan fingerprint density at radius 2 is 1.95 bits per heavy atom. The molecule has 0 fully saturated rings. The minimum atomic E-state index is -0.375. The Morgan fingerprint density at radius 1 is 1.19 bits per heavy atom. The molecule has 2 aromatic carbocycles. The molecular formula is C15H12Cl2N2O2. The Hall–Kier alpha value is -2.04. The number of hydrazone groups is 1. The molecule has 108 valence electrons. The predicted molar refractivity (Wildman–Crippen MR) is 84.5 cm³/mol. The number of rotatable bonds is 4. The van der Waals surface area contributed by atoms with Crippen molar-refractivity contribution in [2.45, 2.75) is 0 Å².